The monoisotopic (exact) mass is 299 g/mol. The molecule has 6 heteroatoms. The molecule has 6 nitrogen and oxygen atoms in total. The molecule has 0 bridgehead atoms. The number of hydrogen-bond acceptors (Lipinski definition) is 4. The van der Waals surface area contributed by atoms with E-state index in [0.717, 1.165) is 17.8 Å². The van der Waals surface area contributed by atoms with Gasteiger partial charge in [-0.25, -0.2) is 14.8 Å². The van der Waals surface area contributed by atoms with E-state index in [9.17, 15) is 4.79 Å². The maximum absolute atomic E-state index is 11.9. The van der Waals surface area contributed by atoms with Gasteiger partial charge in [-0.15, -0.1) is 0 Å². The average Bonchev–Trinajstić information content (AvgIpc) is 2.54. The maximum atomic E-state index is 11.9. The predicted octanol–water partition coefficient (Wildman–Crippen LogP) is 2.43. The molecule has 1 aromatic carbocycles. The third-order valence-electron chi connectivity index (χ3n) is 3.15. The summed E-state index contributed by atoms with van der Waals surface area (Å²) in [6, 6.07) is 9.32. The highest BCUT2D eigenvalue weighted by Crippen LogP contribution is 2.10. The standard InChI is InChI=1S/C16H21N5O/c1-4-12-5-7-13(8-6-12)20-16(22)18-11-14-9-10-17-15(19-14)21(2)3/h5-10H,4,11H2,1-3H3,(H2,18,20,22). The minimum atomic E-state index is -0.255. The second-order valence-electron chi connectivity index (χ2n) is 5.10. The van der Waals surface area contributed by atoms with Gasteiger partial charge in [-0.2, -0.15) is 0 Å². The van der Waals surface area contributed by atoms with Crippen molar-refractivity contribution in [3.63, 3.8) is 0 Å². The summed E-state index contributed by atoms with van der Waals surface area (Å²) in [5, 5.41) is 5.58. The molecule has 1 aromatic heterocycles. The Morgan fingerprint density at radius 1 is 1.18 bits per heavy atom. The fourth-order valence-corrected chi connectivity index (χ4v) is 1.87. The number of carbonyl (C=O) groups excluding carboxylic acids is 1. The van der Waals surface area contributed by atoms with E-state index >= 15 is 0 Å². The molecule has 2 rings (SSSR count). The highest BCUT2D eigenvalue weighted by molar-refractivity contribution is 5.89. The van der Waals surface area contributed by atoms with E-state index < -0.39 is 0 Å². The zero-order valence-corrected chi connectivity index (χ0v) is 13.1. The molecule has 0 aliphatic carbocycles. The van der Waals surface area contributed by atoms with Crippen LogP contribution in [0.3, 0.4) is 0 Å². The molecule has 2 N–H and O–H groups in total. The number of amides is 2. The van der Waals surface area contributed by atoms with Gasteiger partial charge in [0.2, 0.25) is 5.95 Å². The first-order chi connectivity index (χ1) is 10.6. The number of nitrogens with zero attached hydrogens (tertiary/aromatic N) is 3. The number of aromatic nitrogens is 2. The van der Waals surface area contributed by atoms with Gasteiger partial charge in [0.05, 0.1) is 12.2 Å². The molecule has 0 saturated heterocycles. The van der Waals surface area contributed by atoms with Crippen LogP contribution in [0.4, 0.5) is 16.4 Å². The van der Waals surface area contributed by atoms with Crippen LogP contribution in [0.5, 0.6) is 0 Å². The van der Waals surface area contributed by atoms with Gasteiger partial charge >= 0.3 is 6.03 Å². The summed E-state index contributed by atoms with van der Waals surface area (Å²) in [7, 11) is 3.75. The summed E-state index contributed by atoms with van der Waals surface area (Å²) in [4.78, 5) is 22.2. The van der Waals surface area contributed by atoms with Crippen LogP contribution in [0.25, 0.3) is 0 Å². The Labute approximate surface area is 130 Å². The summed E-state index contributed by atoms with van der Waals surface area (Å²) in [5.41, 5.74) is 2.77. The molecule has 22 heavy (non-hydrogen) atoms. The average molecular weight is 299 g/mol. The van der Waals surface area contributed by atoms with Gasteiger partial charge in [-0.05, 0) is 30.2 Å². The normalized spacial score (nSPS) is 10.1. The maximum Gasteiger partial charge on any atom is 0.319 e. The smallest absolute Gasteiger partial charge is 0.319 e. The van der Waals surface area contributed by atoms with Crippen molar-refractivity contribution in [3.05, 3.63) is 47.8 Å². The topological polar surface area (TPSA) is 70.2 Å². The lowest BCUT2D eigenvalue weighted by atomic mass is 10.1. The van der Waals surface area contributed by atoms with Gasteiger partial charge < -0.3 is 15.5 Å². The molecule has 116 valence electrons. The van der Waals surface area contributed by atoms with Crippen LogP contribution in [0.1, 0.15) is 18.2 Å². The zero-order valence-electron chi connectivity index (χ0n) is 13.1. The van der Waals surface area contributed by atoms with Crippen LogP contribution in [0, 0.1) is 0 Å². The van der Waals surface area contributed by atoms with Crippen LogP contribution >= 0.6 is 0 Å². The highest BCUT2D eigenvalue weighted by atomic mass is 16.2. The highest BCUT2D eigenvalue weighted by Gasteiger charge is 2.04. The Kier molecular flexibility index (Phi) is 5.30. The van der Waals surface area contributed by atoms with E-state index in [1.54, 1.807) is 12.3 Å². The Hall–Kier alpha value is -2.63. The quantitative estimate of drug-likeness (QED) is 0.889. The summed E-state index contributed by atoms with van der Waals surface area (Å²) >= 11 is 0. The van der Waals surface area contributed by atoms with Crippen LogP contribution in [-0.2, 0) is 13.0 Å². The summed E-state index contributed by atoms with van der Waals surface area (Å²) in [6.45, 7) is 2.45. The molecule has 0 fully saturated rings. The van der Waals surface area contributed by atoms with Crippen molar-refractivity contribution in [3.8, 4) is 0 Å². The molecule has 0 radical (unpaired) electrons. The van der Waals surface area contributed by atoms with Crippen molar-refractivity contribution in [2.75, 3.05) is 24.3 Å². The Balaban J connectivity index is 1.88. The second kappa shape index (κ2) is 7.40. The summed E-state index contributed by atoms with van der Waals surface area (Å²) < 4.78 is 0. The second-order valence-corrected chi connectivity index (χ2v) is 5.10. The molecule has 2 aromatic rings. The largest absolute Gasteiger partial charge is 0.347 e. The van der Waals surface area contributed by atoms with Crippen LogP contribution < -0.4 is 15.5 Å². The minimum absolute atomic E-state index is 0.255. The van der Waals surface area contributed by atoms with Crippen molar-refractivity contribution in [1.29, 1.82) is 0 Å². The number of rotatable bonds is 5. The van der Waals surface area contributed by atoms with Crippen LogP contribution in [0.2, 0.25) is 0 Å². The Morgan fingerprint density at radius 2 is 1.91 bits per heavy atom. The molecular weight excluding hydrogens is 278 g/mol. The molecule has 0 unspecified atom stereocenters. The van der Waals surface area contributed by atoms with Gasteiger partial charge in [0.1, 0.15) is 0 Å². The van der Waals surface area contributed by atoms with Gasteiger partial charge in [0.25, 0.3) is 0 Å². The lowest BCUT2D eigenvalue weighted by Gasteiger charge is -2.11. The van der Waals surface area contributed by atoms with Gasteiger partial charge in [0.15, 0.2) is 0 Å². The van der Waals surface area contributed by atoms with E-state index in [4.69, 9.17) is 0 Å². The lowest BCUT2D eigenvalue weighted by molar-refractivity contribution is 0.251. The van der Waals surface area contributed by atoms with Crippen molar-refractivity contribution >= 4 is 17.7 Å². The molecule has 0 spiro atoms. The first kappa shape index (κ1) is 15.8. The molecular formula is C16H21N5O. The van der Waals surface area contributed by atoms with Crippen LogP contribution in [-0.4, -0.2) is 30.1 Å². The third-order valence-corrected chi connectivity index (χ3v) is 3.15. The van der Waals surface area contributed by atoms with E-state index in [1.165, 1.54) is 5.56 Å². The number of anilines is 2. The lowest BCUT2D eigenvalue weighted by Crippen LogP contribution is -2.28. The van der Waals surface area contributed by atoms with E-state index in [-0.39, 0.29) is 6.03 Å². The molecule has 2 amide bonds. The number of nitrogens with one attached hydrogen (secondary N) is 2. The number of benzene rings is 1. The predicted molar refractivity (Wildman–Crippen MR) is 88.0 cm³/mol. The van der Waals surface area contributed by atoms with Crippen molar-refractivity contribution in [2.24, 2.45) is 0 Å². The molecule has 0 aliphatic rings. The zero-order chi connectivity index (χ0) is 15.9. The van der Waals surface area contributed by atoms with Gasteiger partial charge in [-0.1, -0.05) is 19.1 Å². The number of carbonyl (C=O) groups is 1. The van der Waals surface area contributed by atoms with Crippen LogP contribution in [0.15, 0.2) is 36.5 Å². The van der Waals surface area contributed by atoms with Gasteiger partial charge in [0, 0.05) is 26.0 Å². The number of hydrogen-bond donors (Lipinski definition) is 2. The van der Waals surface area contributed by atoms with Crippen molar-refractivity contribution in [2.45, 2.75) is 19.9 Å². The fourth-order valence-electron chi connectivity index (χ4n) is 1.87. The number of aryl methyl sites for hydroxylation is 1. The van der Waals surface area contributed by atoms with Gasteiger partial charge in [-0.3, -0.25) is 0 Å². The summed E-state index contributed by atoms with van der Waals surface area (Å²) in [5.74, 6) is 0.620. The van der Waals surface area contributed by atoms with Crippen molar-refractivity contribution in [1.82, 2.24) is 15.3 Å². The summed E-state index contributed by atoms with van der Waals surface area (Å²) in [6.07, 6.45) is 2.66. The first-order valence-corrected chi connectivity index (χ1v) is 7.21. The minimum Gasteiger partial charge on any atom is -0.347 e. The molecule has 0 saturated carbocycles. The number of urea groups is 1. The van der Waals surface area contributed by atoms with Crippen molar-refractivity contribution < 1.29 is 4.79 Å². The molecule has 0 atom stereocenters. The Morgan fingerprint density at radius 3 is 2.55 bits per heavy atom. The van der Waals surface area contributed by atoms with E-state index in [0.29, 0.717) is 12.5 Å². The van der Waals surface area contributed by atoms with E-state index in [1.807, 2.05) is 43.3 Å². The van der Waals surface area contributed by atoms with E-state index in [2.05, 4.69) is 27.5 Å². The Bertz CT molecular complexity index is 625. The molecule has 1 heterocycles. The SMILES string of the molecule is CCc1ccc(NC(=O)NCc2ccnc(N(C)C)n2)cc1. The molecule has 0 aliphatic heterocycles. The fraction of sp³-hybridized carbons (Fsp3) is 0.312. The third kappa shape index (κ3) is 4.44. The first-order valence-electron chi connectivity index (χ1n) is 7.21.